The molecule has 1 aliphatic rings. The molecule has 0 aromatic heterocycles. The number of ether oxygens (including phenoxy) is 1. The van der Waals surface area contributed by atoms with Crippen molar-refractivity contribution in [2.45, 2.75) is 19.4 Å². The molecule has 1 heterocycles. The Morgan fingerprint density at radius 3 is 2.60 bits per heavy atom. The summed E-state index contributed by atoms with van der Waals surface area (Å²) in [6, 6.07) is -0.164. The van der Waals surface area contributed by atoms with Gasteiger partial charge in [0.15, 0.2) is 9.84 Å². The normalized spacial score (nSPS) is 24.0. The molecule has 15 heavy (non-hydrogen) atoms. The molecule has 1 fully saturated rings. The highest BCUT2D eigenvalue weighted by molar-refractivity contribution is 7.91. The Morgan fingerprint density at radius 1 is 1.53 bits per heavy atom. The fourth-order valence-corrected chi connectivity index (χ4v) is 3.60. The molecule has 0 aliphatic carbocycles. The van der Waals surface area contributed by atoms with Crippen molar-refractivity contribution in [1.29, 1.82) is 0 Å². The summed E-state index contributed by atoms with van der Waals surface area (Å²) in [5.74, 6) is 0.146. The summed E-state index contributed by atoms with van der Waals surface area (Å²) in [7, 11) is -1.48. The molecular weight excluding hydrogens is 218 g/mol. The summed E-state index contributed by atoms with van der Waals surface area (Å²) in [6.45, 7) is 2.39. The topological polar surface area (TPSA) is 63.7 Å². The van der Waals surface area contributed by atoms with Gasteiger partial charge < -0.3 is 9.64 Å². The third-order valence-corrected chi connectivity index (χ3v) is 4.33. The lowest BCUT2D eigenvalue weighted by Gasteiger charge is -2.26. The Hall–Kier alpha value is -0.620. The minimum absolute atomic E-state index is 0.0182. The van der Waals surface area contributed by atoms with E-state index in [0.29, 0.717) is 13.0 Å². The van der Waals surface area contributed by atoms with Gasteiger partial charge in [-0.25, -0.2) is 8.42 Å². The third kappa shape index (κ3) is 3.17. The van der Waals surface area contributed by atoms with Gasteiger partial charge in [-0.1, -0.05) is 0 Å². The molecule has 1 aliphatic heterocycles. The van der Waals surface area contributed by atoms with E-state index in [2.05, 4.69) is 0 Å². The first-order valence-corrected chi connectivity index (χ1v) is 6.81. The summed E-state index contributed by atoms with van der Waals surface area (Å²) in [5, 5.41) is 0. The first kappa shape index (κ1) is 12.4. The minimum Gasteiger partial charge on any atom is -0.375 e. The summed E-state index contributed by atoms with van der Waals surface area (Å²) in [6.07, 6.45) is 0.547. The number of hydrogen-bond acceptors (Lipinski definition) is 4. The number of carbonyl (C=O) groups is 1. The van der Waals surface area contributed by atoms with Crippen LogP contribution in [0.5, 0.6) is 0 Å². The van der Waals surface area contributed by atoms with Crippen molar-refractivity contribution >= 4 is 15.7 Å². The van der Waals surface area contributed by atoms with E-state index < -0.39 is 9.84 Å². The highest BCUT2D eigenvalue weighted by atomic mass is 32.2. The van der Waals surface area contributed by atoms with Gasteiger partial charge in [0, 0.05) is 19.7 Å². The van der Waals surface area contributed by atoms with Crippen LogP contribution in [0.4, 0.5) is 0 Å². The van der Waals surface area contributed by atoms with Crippen molar-refractivity contribution in [3.63, 3.8) is 0 Å². The lowest BCUT2D eigenvalue weighted by atomic mass is 10.2. The third-order valence-electron chi connectivity index (χ3n) is 2.58. The van der Waals surface area contributed by atoms with Gasteiger partial charge in [0.2, 0.25) is 5.91 Å². The summed E-state index contributed by atoms with van der Waals surface area (Å²) in [4.78, 5) is 13.2. The van der Waals surface area contributed by atoms with Crippen LogP contribution in [0.25, 0.3) is 0 Å². The zero-order valence-corrected chi connectivity index (χ0v) is 9.92. The molecule has 1 atom stereocenters. The second-order valence-electron chi connectivity index (χ2n) is 3.67. The van der Waals surface area contributed by atoms with Crippen LogP contribution in [0, 0.1) is 0 Å². The number of rotatable bonds is 4. The highest BCUT2D eigenvalue weighted by Crippen LogP contribution is 2.17. The maximum absolute atomic E-state index is 11.6. The van der Waals surface area contributed by atoms with Crippen molar-refractivity contribution < 1.29 is 17.9 Å². The second kappa shape index (κ2) is 4.94. The molecule has 0 aromatic rings. The van der Waals surface area contributed by atoms with Gasteiger partial charge >= 0.3 is 0 Å². The van der Waals surface area contributed by atoms with Crippen molar-refractivity contribution in [2.24, 2.45) is 0 Å². The van der Waals surface area contributed by atoms with Gasteiger partial charge in [-0.05, 0) is 13.3 Å². The van der Waals surface area contributed by atoms with E-state index in [4.69, 9.17) is 4.74 Å². The van der Waals surface area contributed by atoms with Gasteiger partial charge in [0.1, 0.15) is 6.61 Å². The Bertz CT molecular complexity index is 325. The maximum atomic E-state index is 11.6. The van der Waals surface area contributed by atoms with E-state index in [0.717, 1.165) is 0 Å². The molecule has 1 saturated heterocycles. The zero-order valence-electron chi connectivity index (χ0n) is 9.10. The molecule has 1 amide bonds. The molecule has 88 valence electrons. The molecule has 0 bridgehead atoms. The van der Waals surface area contributed by atoms with E-state index in [1.165, 1.54) is 7.11 Å². The standard InChI is InChI=1S/C9H17NO4S/c1-3-10(9(11)6-14-2)8-4-5-15(12,13)7-8/h8H,3-7H2,1-2H3. The van der Waals surface area contributed by atoms with E-state index in [1.807, 2.05) is 6.92 Å². The van der Waals surface area contributed by atoms with Crippen LogP contribution in [0.2, 0.25) is 0 Å². The molecule has 0 aromatic carbocycles. The van der Waals surface area contributed by atoms with Crippen LogP contribution < -0.4 is 0 Å². The summed E-state index contributed by atoms with van der Waals surface area (Å²) >= 11 is 0. The highest BCUT2D eigenvalue weighted by Gasteiger charge is 2.33. The number of methoxy groups -OCH3 is 1. The number of carbonyl (C=O) groups excluding carboxylic acids is 1. The van der Waals surface area contributed by atoms with Crippen molar-refractivity contribution in [3.8, 4) is 0 Å². The smallest absolute Gasteiger partial charge is 0.248 e. The Morgan fingerprint density at radius 2 is 2.20 bits per heavy atom. The van der Waals surface area contributed by atoms with Crippen LogP contribution in [-0.2, 0) is 19.4 Å². The van der Waals surface area contributed by atoms with Gasteiger partial charge in [-0.3, -0.25) is 4.79 Å². The predicted octanol–water partition coefficient (Wildman–Crippen LogP) is -0.332. The van der Waals surface area contributed by atoms with Crippen molar-refractivity contribution in [3.05, 3.63) is 0 Å². The molecule has 0 spiro atoms. The summed E-state index contributed by atoms with van der Waals surface area (Å²) in [5.41, 5.74) is 0. The Labute approximate surface area is 90.3 Å². The van der Waals surface area contributed by atoms with Crippen molar-refractivity contribution in [2.75, 3.05) is 31.8 Å². The van der Waals surface area contributed by atoms with E-state index in [9.17, 15) is 13.2 Å². The quantitative estimate of drug-likeness (QED) is 0.669. The monoisotopic (exact) mass is 235 g/mol. The van der Waals surface area contributed by atoms with Crippen LogP contribution in [-0.4, -0.2) is 57.0 Å². The average molecular weight is 235 g/mol. The van der Waals surface area contributed by atoms with E-state index >= 15 is 0 Å². The molecular formula is C9H17NO4S. The van der Waals surface area contributed by atoms with Gasteiger partial charge in [-0.15, -0.1) is 0 Å². The van der Waals surface area contributed by atoms with E-state index in [-0.39, 0.29) is 30.1 Å². The molecule has 0 radical (unpaired) electrons. The zero-order chi connectivity index (χ0) is 11.5. The second-order valence-corrected chi connectivity index (χ2v) is 5.90. The minimum atomic E-state index is -2.93. The maximum Gasteiger partial charge on any atom is 0.248 e. The van der Waals surface area contributed by atoms with Crippen LogP contribution in [0.1, 0.15) is 13.3 Å². The number of amides is 1. The fraction of sp³-hybridized carbons (Fsp3) is 0.889. The number of nitrogens with zero attached hydrogens (tertiary/aromatic N) is 1. The lowest BCUT2D eigenvalue weighted by molar-refractivity contribution is -0.136. The molecule has 5 nitrogen and oxygen atoms in total. The largest absolute Gasteiger partial charge is 0.375 e. The molecule has 1 unspecified atom stereocenters. The number of sulfone groups is 1. The first-order chi connectivity index (χ1) is 7.00. The van der Waals surface area contributed by atoms with Crippen LogP contribution in [0.3, 0.4) is 0 Å². The SMILES string of the molecule is CCN(C(=O)COC)C1CCS(=O)(=O)C1. The summed E-state index contributed by atoms with van der Waals surface area (Å²) < 4.78 is 27.3. The van der Waals surface area contributed by atoms with Gasteiger partial charge in [0.25, 0.3) is 0 Å². The molecule has 1 rings (SSSR count). The fourth-order valence-electron chi connectivity index (χ4n) is 1.87. The van der Waals surface area contributed by atoms with Gasteiger partial charge in [0.05, 0.1) is 11.5 Å². The number of likely N-dealkylation sites (N-methyl/N-ethyl adjacent to an activating group) is 1. The molecule has 0 saturated carbocycles. The average Bonchev–Trinajstić information content (AvgIpc) is 2.48. The van der Waals surface area contributed by atoms with Crippen molar-refractivity contribution in [1.82, 2.24) is 4.90 Å². The molecule has 0 N–H and O–H groups in total. The first-order valence-electron chi connectivity index (χ1n) is 4.99. The number of hydrogen-bond donors (Lipinski definition) is 0. The molecule has 6 heteroatoms. The van der Waals surface area contributed by atoms with Crippen LogP contribution in [0.15, 0.2) is 0 Å². The van der Waals surface area contributed by atoms with Crippen LogP contribution >= 0.6 is 0 Å². The Balaban J connectivity index is 2.64. The predicted molar refractivity (Wildman–Crippen MR) is 56.3 cm³/mol. The lowest BCUT2D eigenvalue weighted by Crippen LogP contribution is -2.42. The van der Waals surface area contributed by atoms with E-state index in [1.54, 1.807) is 4.90 Å². The van der Waals surface area contributed by atoms with Gasteiger partial charge in [-0.2, -0.15) is 0 Å². The Kier molecular flexibility index (Phi) is 4.10.